The number of nitro groups is 1. The average molecular weight is 509 g/mol. The maximum atomic E-state index is 13.1. The van der Waals surface area contributed by atoms with E-state index in [1.54, 1.807) is 48.5 Å². The SMILES string of the molecule is COc1cccc2cc(C(=O)OC(C(=O)Nc3ccc([N+](=O)[O-])cc3Cl)c3ccccc3)c(=O)oc12. The summed E-state index contributed by atoms with van der Waals surface area (Å²) in [5.41, 5.74) is -1.11. The van der Waals surface area contributed by atoms with Gasteiger partial charge in [-0.25, -0.2) is 9.59 Å². The number of methoxy groups -OCH3 is 1. The van der Waals surface area contributed by atoms with E-state index < -0.39 is 34.1 Å². The topological polar surface area (TPSA) is 138 Å². The first kappa shape index (κ1) is 24.4. The van der Waals surface area contributed by atoms with E-state index in [1.165, 1.54) is 25.3 Å². The van der Waals surface area contributed by atoms with Crippen LogP contribution in [0.15, 0.2) is 82.0 Å². The van der Waals surface area contributed by atoms with Crippen LogP contribution in [0.1, 0.15) is 22.0 Å². The number of para-hydroxylation sites is 1. The van der Waals surface area contributed by atoms with Gasteiger partial charge in [0.25, 0.3) is 11.6 Å². The molecule has 0 aliphatic carbocycles. The molecule has 1 aromatic heterocycles. The number of amides is 1. The first-order valence-electron chi connectivity index (χ1n) is 10.4. The van der Waals surface area contributed by atoms with Crippen molar-refractivity contribution in [3.05, 3.63) is 109 Å². The fourth-order valence-electron chi connectivity index (χ4n) is 3.41. The van der Waals surface area contributed by atoms with Gasteiger partial charge in [-0.15, -0.1) is 0 Å². The van der Waals surface area contributed by atoms with Crippen molar-refractivity contribution in [3.8, 4) is 5.75 Å². The third-order valence-electron chi connectivity index (χ3n) is 5.15. The third-order valence-corrected chi connectivity index (χ3v) is 5.46. The molecule has 0 saturated carbocycles. The van der Waals surface area contributed by atoms with E-state index in [0.29, 0.717) is 16.7 Å². The molecule has 0 bridgehead atoms. The molecule has 1 unspecified atom stereocenters. The van der Waals surface area contributed by atoms with Gasteiger partial charge in [-0.3, -0.25) is 14.9 Å². The smallest absolute Gasteiger partial charge is 0.351 e. The minimum atomic E-state index is -1.48. The Kier molecular flexibility index (Phi) is 6.98. The first-order chi connectivity index (χ1) is 17.3. The molecular formula is C25H17ClN2O8. The Morgan fingerprint density at radius 1 is 1.06 bits per heavy atom. The number of anilines is 1. The van der Waals surface area contributed by atoms with Gasteiger partial charge in [-0.05, 0) is 18.2 Å². The van der Waals surface area contributed by atoms with Gasteiger partial charge in [-0.1, -0.05) is 54.1 Å². The van der Waals surface area contributed by atoms with Crippen LogP contribution < -0.4 is 15.7 Å². The molecule has 0 radical (unpaired) electrons. The highest BCUT2D eigenvalue weighted by molar-refractivity contribution is 6.34. The van der Waals surface area contributed by atoms with Crippen LogP contribution in [0.25, 0.3) is 11.0 Å². The van der Waals surface area contributed by atoms with Gasteiger partial charge in [-0.2, -0.15) is 0 Å². The predicted octanol–water partition coefficient (Wildman–Crippen LogP) is 4.90. The molecular weight excluding hydrogens is 492 g/mol. The summed E-state index contributed by atoms with van der Waals surface area (Å²) in [4.78, 5) is 49.0. The lowest BCUT2D eigenvalue weighted by Crippen LogP contribution is -2.27. The summed E-state index contributed by atoms with van der Waals surface area (Å²) in [6, 6.07) is 17.8. The molecule has 0 fully saturated rings. The molecule has 10 nitrogen and oxygen atoms in total. The Balaban J connectivity index is 1.65. The van der Waals surface area contributed by atoms with Crippen molar-refractivity contribution in [2.45, 2.75) is 6.10 Å². The number of carbonyl (C=O) groups excluding carboxylic acids is 2. The van der Waals surface area contributed by atoms with Crippen LogP contribution in [0, 0.1) is 10.1 Å². The first-order valence-corrected chi connectivity index (χ1v) is 10.8. The van der Waals surface area contributed by atoms with Gasteiger partial charge in [0.2, 0.25) is 6.10 Å². The van der Waals surface area contributed by atoms with Gasteiger partial charge in [0.1, 0.15) is 5.56 Å². The van der Waals surface area contributed by atoms with Crippen molar-refractivity contribution in [1.82, 2.24) is 0 Å². The van der Waals surface area contributed by atoms with E-state index in [4.69, 9.17) is 25.5 Å². The summed E-state index contributed by atoms with van der Waals surface area (Å²) < 4.78 is 15.9. The number of non-ortho nitro benzene ring substituents is 1. The Morgan fingerprint density at radius 3 is 2.47 bits per heavy atom. The zero-order valence-electron chi connectivity index (χ0n) is 18.6. The fourth-order valence-corrected chi connectivity index (χ4v) is 3.63. The van der Waals surface area contributed by atoms with Gasteiger partial charge >= 0.3 is 11.6 Å². The van der Waals surface area contributed by atoms with Crippen molar-refractivity contribution in [3.63, 3.8) is 0 Å². The number of halogens is 1. The molecule has 0 spiro atoms. The monoisotopic (exact) mass is 508 g/mol. The molecule has 1 atom stereocenters. The average Bonchev–Trinajstić information content (AvgIpc) is 2.87. The molecule has 0 saturated heterocycles. The number of carbonyl (C=O) groups is 2. The van der Waals surface area contributed by atoms with Crippen molar-refractivity contribution in [2.24, 2.45) is 0 Å². The number of fused-ring (bicyclic) bond motifs is 1. The lowest BCUT2D eigenvalue weighted by molar-refractivity contribution is -0.384. The summed E-state index contributed by atoms with van der Waals surface area (Å²) in [5, 5.41) is 13.8. The van der Waals surface area contributed by atoms with E-state index in [1.807, 2.05) is 0 Å². The molecule has 4 rings (SSSR count). The predicted molar refractivity (Wildman–Crippen MR) is 130 cm³/mol. The van der Waals surface area contributed by atoms with Crippen LogP contribution in [-0.4, -0.2) is 23.9 Å². The molecule has 1 amide bonds. The Bertz CT molecular complexity index is 1530. The second kappa shape index (κ2) is 10.3. The van der Waals surface area contributed by atoms with Crippen LogP contribution in [0.5, 0.6) is 5.75 Å². The van der Waals surface area contributed by atoms with Crippen molar-refractivity contribution < 1.29 is 28.4 Å². The minimum Gasteiger partial charge on any atom is -0.493 e. The molecule has 0 aliphatic rings. The summed E-state index contributed by atoms with van der Waals surface area (Å²) in [7, 11) is 1.41. The Labute approximate surface area is 208 Å². The van der Waals surface area contributed by atoms with Crippen LogP contribution in [0.4, 0.5) is 11.4 Å². The normalized spacial score (nSPS) is 11.5. The standard InChI is InChI=1S/C25H17ClN2O8/c1-34-20-9-5-8-15-12-17(24(30)35-21(15)20)25(31)36-22(14-6-3-2-4-7-14)23(29)27-19-11-10-16(28(32)33)13-18(19)26/h2-13,22H,1H3,(H,27,29). The van der Waals surface area contributed by atoms with Crippen LogP contribution in [0.2, 0.25) is 5.02 Å². The highest BCUT2D eigenvalue weighted by Crippen LogP contribution is 2.29. The van der Waals surface area contributed by atoms with E-state index in [0.717, 1.165) is 6.07 Å². The maximum Gasteiger partial charge on any atom is 0.351 e. The molecule has 11 heteroatoms. The third kappa shape index (κ3) is 5.03. The Hall–Kier alpha value is -4.70. The van der Waals surface area contributed by atoms with E-state index in [2.05, 4.69) is 5.32 Å². The minimum absolute atomic E-state index is 0.0709. The number of hydrogen-bond donors (Lipinski definition) is 1. The van der Waals surface area contributed by atoms with Crippen LogP contribution in [-0.2, 0) is 9.53 Å². The fraction of sp³-hybridized carbons (Fsp3) is 0.0800. The lowest BCUT2D eigenvalue weighted by Gasteiger charge is -2.18. The van der Waals surface area contributed by atoms with E-state index >= 15 is 0 Å². The highest BCUT2D eigenvalue weighted by atomic mass is 35.5. The molecule has 1 heterocycles. The number of ether oxygens (including phenoxy) is 2. The zero-order chi connectivity index (χ0) is 25.8. The number of nitrogens with zero attached hydrogens (tertiary/aromatic N) is 1. The van der Waals surface area contributed by atoms with E-state index in [-0.39, 0.29) is 22.0 Å². The van der Waals surface area contributed by atoms with Crippen LogP contribution in [0.3, 0.4) is 0 Å². The van der Waals surface area contributed by atoms with Gasteiger partial charge in [0.05, 0.1) is 22.7 Å². The lowest BCUT2D eigenvalue weighted by atomic mass is 10.1. The number of nitro benzene ring substituents is 1. The van der Waals surface area contributed by atoms with Crippen molar-refractivity contribution >= 4 is 45.8 Å². The number of esters is 1. The molecule has 4 aromatic rings. The summed E-state index contributed by atoms with van der Waals surface area (Å²) in [6.07, 6.45) is -1.48. The quantitative estimate of drug-likeness (QED) is 0.161. The summed E-state index contributed by atoms with van der Waals surface area (Å²) in [6.45, 7) is 0. The number of hydrogen-bond acceptors (Lipinski definition) is 8. The zero-order valence-corrected chi connectivity index (χ0v) is 19.4. The summed E-state index contributed by atoms with van der Waals surface area (Å²) in [5.74, 6) is -1.57. The van der Waals surface area contributed by atoms with Crippen molar-refractivity contribution in [1.29, 1.82) is 0 Å². The molecule has 182 valence electrons. The molecule has 1 N–H and O–H groups in total. The summed E-state index contributed by atoms with van der Waals surface area (Å²) >= 11 is 6.08. The number of nitrogens with one attached hydrogen (secondary N) is 1. The van der Waals surface area contributed by atoms with Crippen molar-refractivity contribution in [2.75, 3.05) is 12.4 Å². The van der Waals surface area contributed by atoms with Gasteiger partial charge in [0.15, 0.2) is 11.3 Å². The van der Waals surface area contributed by atoms with Gasteiger partial charge in [0, 0.05) is 23.1 Å². The maximum absolute atomic E-state index is 13.1. The molecule has 3 aromatic carbocycles. The highest BCUT2D eigenvalue weighted by Gasteiger charge is 2.28. The Morgan fingerprint density at radius 2 is 1.81 bits per heavy atom. The largest absolute Gasteiger partial charge is 0.493 e. The number of rotatable bonds is 7. The van der Waals surface area contributed by atoms with Gasteiger partial charge < -0.3 is 19.2 Å². The van der Waals surface area contributed by atoms with Crippen LogP contribution >= 0.6 is 11.6 Å². The molecule has 36 heavy (non-hydrogen) atoms. The second-order valence-electron chi connectivity index (χ2n) is 7.43. The number of benzene rings is 3. The molecule has 0 aliphatic heterocycles. The second-order valence-corrected chi connectivity index (χ2v) is 7.84. The van der Waals surface area contributed by atoms with E-state index in [9.17, 15) is 24.5 Å².